The number of rotatable bonds is 14. The Morgan fingerprint density at radius 2 is 1.43 bits per heavy atom. The number of ether oxygens (including phenoxy) is 13. The van der Waals surface area contributed by atoms with E-state index >= 15 is 4.79 Å². The number of carbonyl (C=O) groups is 4. The van der Waals surface area contributed by atoms with Crippen LogP contribution in [0.2, 0.25) is 0 Å². The Morgan fingerprint density at radius 3 is 2.09 bits per heavy atom. The van der Waals surface area contributed by atoms with E-state index < -0.39 is 179 Å². The standard InChI is InChI=1S/C69H102N2O23/c1-33-16-20-51(93-67(13)32-65(11,71(80)81)61(41(9)92-67)70-64(79)82-15)34(2)25-47-49(75)26-43(30-72)28-69(47)63(78)45(31-83-69)62(77)68(14)46(33)18-17-44-57(68)35(3)24-36(4)58(44)94-66(12)29-53(60(40(8)91-66)87-42(10)73)89-54-23-21-52(38(6)85-54)88-56-27-50(76)59(39(7)86-56)90-55-22-19-48(74)37(5)84-55/h16-18,25-26,30,35-41,44,46-61,74-76,78H,19-24,27-29,31-32H2,1-15H3,(H,70,79)/b33-16+,34-25+/t35-,36-,37-,38-,39-,40-,41+,44-,46-,47+,48+,49-,50+,51-,52?,53?,54-,55-,56-,57+,58-,59?,60-,61-,65-,66-,67-,68+,69?/m0/s1. The summed E-state index contributed by atoms with van der Waals surface area (Å²) in [4.78, 5) is 66.9. The third kappa shape index (κ3) is 14.1. The van der Waals surface area contributed by atoms with E-state index in [1.54, 1.807) is 33.8 Å². The van der Waals surface area contributed by atoms with Gasteiger partial charge in [0.05, 0.1) is 92.9 Å². The Kier molecular flexibility index (Phi) is 21.5. The molecule has 25 nitrogen and oxygen atoms in total. The minimum absolute atomic E-state index is 0.0365. The van der Waals surface area contributed by atoms with Crippen LogP contribution in [0.15, 0.2) is 58.4 Å². The number of fused-ring (bicyclic) bond motifs is 3. The van der Waals surface area contributed by atoms with Crippen LogP contribution >= 0.6 is 0 Å². The highest BCUT2D eigenvalue weighted by Crippen LogP contribution is 2.60. The average molecular weight is 1330 g/mol. The van der Waals surface area contributed by atoms with E-state index in [0.717, 1.165) is 5.57 Å². The van der Waals surface area contributed by atoms with Gasteiger partial charge in [0.15, 0.2) is 42.3 Å². The second-order valence-corrected chi connectivity index (χ2v) is 29.5. The number of hydrogen-bond donors (Lipinski definition) is 5. The molecular formula is C69H102N2O23. The van der Waals surface area contributed by atoms with Crippen LogP contribution in [0.25, 0.3) is 0 Å². The first-order valence-electron chi connectivity index (χ1n) is 33.8. The van der Waals surface area contributed by atoms with Crippen molar-refractivity contribution in [1.29, 1.82) is 0 Å². The Hall–Kier alpha value is -4.58. The quantitative estimate of drug-likeness (QED) is 0.0367. The van der Waals surface area contributed by atoms with Gasteiger partial charge in [-0.2, -0.15) is 0 Å². The van der Waals surface area contributed by atoms with Crippen LogP contribution in [0.1, 0.15) is 161 Å². The van der Waals surface area contributed by atoms with Crippen molar-refractivity contribution < 1.29 is 106 Å². The van der Waals surface area contributed by atoms with Crippen LogP contribution < -0.4 is 5.32 Å². The number of Topliss-reactive ketones (excluding diaryl/α,β-unsaturated/α-hetero) is 1. The fourth-order valence-corrected chi connectivity index (χ4v) is 17.9. The summed E-state index contributed by atoms with van der Waals surface area (Å²) in [5, 5.41) is 62.0. The Balaban J connectivity index is 0.912. The van der Waals surface area contributed by atoms with Crippen molar-refractivity contribution >= 4 is 24.1 Å². The summed E-state index contributed by atoms with van der Waals surface area (Å²) < 4.78 is 83.3. The minimum atomic E-state index is -1.80. The summed E-state index contributed by atoms with van der Waals surface area (Å²) in [5.74, 6) is -6.93. The van der Waals surface area contributed by atoms with E-state index in [0.29, 0.717) is 44.0 Å². The molecule has 1 spiro atoms. The fraction of sp³-hybridized carbons (Fsp3) is 0.797. The van der Waals surface area contributed by atoms with Gasteiger partial charge in [-0.15, -0.1) is 0 Å². The number of nitrogens with zero attached hydrogens (tertiary/aromatic N) is 1. The molecule has 0 aromatic heterocycles. The highest BCUT2D eigenvalue weighted by molar-refractivity contribution is 6.02. The first-order chi connectivity index (χ1) is 44.2. The summed E-state index contributed by atoms with van der Waals surface area (Å²) in [6.07, 6.45) is -0.567. The molecule has 4 aliphatic carbocycles. The first kappa shape index (κ1) is 72.2. The Morgan fingerprint density at radius 1 is 0.755 bits per heavy atom. The number of aliphatic hydroxyl groups excluding tert-OH is 4. The number of ketones is 1. The predicted molar refractivity (Wildman–Crippen MR) is 334 cm³/mol. The molecule has 6 fully saturated rings. The first-order valence-corrected chi connectivity index (χ1v) is 33.8. The summed E-state index contributed by atoms with van der Waals surface area (Å²) in [5.41, 5.74) is -3.33. The fourth-order valence-electron chi connectivity index (χ4n) is 17.9. The molecule has 5 N–H and O–H groups in total. The number of methoxy groups -OCH3 is 1. The lowest BCUT2D eigenvalue weighted by Gasteiger charge is -2.57. The number of amides is 1. The average Bonchev–Trinajstić information content (AvgIpc) is 1.26. The smallest absolute Gasteiger partial charge is 0.407 e. The maximum atomic E-state index is 16.3. The summed E-state index contributed by atoms with van der Waals surface area (Å²) in [6, 6.07) is -1.11. The normalized spacial score (nSPS) is 48.7. The number of nitro groups is 1. The minimum Gasteiger partial charge on any atom is -0.509 e. The molecule has 2 bridgehead atoms. The van der Waals surface area contributed by atoms with Crippen LogP contribution in [0, 0.1) is 51.0 Å². The van der Waals surface area contributed by atoms with Crippen molar-refractivity contribution in [2.45, 2.75) is 294 Å². The van der Waals surface area contributed by atoms with E-state index in [-0.39, 0.29) is 73.2 Å². The Bertz CT molecular complexity index is 2980. The molecule has 10 rings (SSSR count). The van der Waals surface area contributed by atoms with E-state index in [1.807, 2.05) is 53.7 Å². The molecule has 25 heteroatoms. The molecule has 5 saturated heterocycles. The van der Waals surface area contributed by atoms with Crippen LogP contribution in [0.5, 0.6) is 0 Å². The van der Waals surface area contributed by atoms with Gasteiger partial charge in [0.1, 0.15) is 35.9 Å². The number of allylic oxidation sites excluding steroid dienone is 2. The number of aldehydes is 1. The summed E-state index contributed by atoms with van der Waals surface area (Å²) >= 11 is 0. The van der Waals surface area contributed by atoms with Crippen LogP contribution in [-0.4, -0.2) is 196 Å². The number of nitrogens with one attached hydrogen (secondary N) is 1. The SMILES string of the molecule is COC(=O)N[C@H]1[C@@H](C)O[C@@](C)(O[C@H]2C/C=C(\C)[C@@H]3C=C[C@@H]4[C@@H](O[C@@]5(C)CC(O[C@H]6CCC(O[C@H]7C[C@@H](O)C(O[C@H]8CC[C@@H](O)[C@H](C)O8)[C@H](C)O7)[C@H](C)O6)[C@@H](OC(C)=O)[C@H](C)O5)[C@@H](C)C[C@H](C)[C@H]4[C@]3(C)C(=O)C3=C(O)C4(CC(C=O)=C[C@H](O)[C@H]4/C=C/2C)OC3)C[C@]1(C)[N+](=O)[O-]. The lowest BCUT2D eigenvalue weighted by atomic mass is 9.48. The van der Waals surface area contributed by atoms with Crippen molar-refractivity contribution in [3.05, 3.63) is 68.5 Å². The molecule has 4 unspecified atom stereocenters. The van der Waals surface area contributed by atoms with E-state index in [2.05, 4.69) is 25.2 Å². The van der Waals surface area contributed by atoms with Gasteiger partial charge in [0.25, 0.3) is 0 Å². The molecule has 1 amide bonds. The second-order valence-electron chi connectivity index (χ2n) is 29.5. The zero-order valence-electron chi connectivity index (χ0n) is 57.1. The second kappa shape index (κ2) is 28.0. The number of carbonyl (C=O) groups excluding carboxylic acids is 4. The predicted octanol–water partition coefficient (Wildman–Crippen LogP) is 7.61. The molecular weight excluding hydrogens is 1220 g/mol. The number of alkyl carbamates (subject to hydrolysis) is 1. The zero-order chi connectivity index (χ0) is 68.5. The van der Waals surface area contributed by atoms with Gasteiger partial charge in [-0.1, -0.05) is 50.6 Å². The number of hydrogen-bond acceptors (Lipinski definition) is 23. The molecule has 1 saturated carbocycles. The maximum Gasteiger partial charge on any atom is 0.407 e. The van der Waals surface area contributed by atoms with Crippen molar-refractivity contribution in [3.8, 4) is 0 Å². The molecule has 0 aromatic rings. The van der Waals surface area contributed by atoms with Gasteiger partial charge in [0.2, 0.25) is 5.54 Å². The lowest BCUT2D eigenvalue weighted by molar-refractivity contribution is -0.589. The summed E-state index contributed by atoms with van der Waals surface area (Å²) in [7, 11) is 1.17. The number of aliphatic hydroxyl groups is 4. The van der Waals surface area contributed by atoms with Gasteiger partial charge in [-0.3, -0.25) is 24.5 Å². The van der Waals surface area contributed by atoms with E-state index in [4.69, 9.17) is 61.6 Å². The highest BCUT2D eigenvalue weighted by Gasteiger charge is 2.64. The van der Waals surface area contributed by atoms with E-state index in [9.17, 15) is 44.9 Å². The molecule has 6 aliphatic heterocycles. The lowest BCUT2D eigenvalue weighted by Crippen LogP contribution is -2.68. The highest BCUT2D eigenvalue weighted by atomic mass is 16.8. The molecule has 94 heavy (non-hydrogen) atoms. The largest absolute Gasteiger partial charge is 0.509 e. The van der Waals surface area contributed by atoms with Crippen LogP contribution in [0.4, 0.5) is 4.79 Å². The molecule has 6 heterocycles. The molecule has 29 atom stereocenters. The van der Waals surface area contributed by atoms with Gasteiger partial charge < -0.3 is 87.3 Å². The third-order valence-corrected chi connectivity index (χ3v) is 22.3. The van der Waals surface area contributed by atoms with Gasteiger partial charge >= 0.3 is 12.1 Å². The van der Waals surface area contributed by atoms with Crippen molar-refractivity contribution in [1.82, 2.24) is 5.32 Å². The van der Waals surface area contributed by atoms with Crippen molar-refractivity contribution in [2.75, 3.05) is 13.7 Å². The monoisotopic (exact) mass is 1330 g/mol. The Labute approximate surface area is 551 Å². The molecule has 0 aromatic carbocycles. The van der Waals surface area contributed by atoms with Gasteiger partial charge in [-0.25, -0.2) is 4.79 Å². The van der Waals surface area contributed by atoms with Crippen LogP contribution in [0.3, 0.4) is 0 Å². The molecule has 526 valence electrons. The maximum absolute atomic E-state index is 16.3. The van der Waals surface area contributed by atoms with E-state index in [1.165, 1.54) is 27.0 Å². The topological polar surface area (TPSA) is 324 Å². The molecule has 0 radical (unpaired) electrons. The van der Waals surface area contributed by atoms with Gasteiger partial charge in [0, 0.05) is 74.0 Å². The van der Waals surface area contributed by atoms with Gasteiger partial charge in [-0.05, 0) is 123 Å². The molecule has 10 aliphatic rings. The van der Waals surface area contributed by atoms with Crippen molar-refractivity contribution in [3.63, 3.8) is 0 Å². The van der Waals surface area contributed by atoms with Crippen molar-refractivity contribution in [2.24, 2.45) is 40.9 Å². The summed E-state index contributed by atoms with van der Waals surface area (Å²) in [6.45, 7) is 24.8. The number of esters is 1. The van der Waals surface area contributed by atoms with Crippen LogP contribution in [-0.2, 0) is 76.0 Å². The third-order valence-electron chi connectivity index (χ3n) is 22.3. The zero-order valence-corrected chi connectivity index (χ0v) is 57.1.